The number of nitrogens with zero attached hydrogens (tertiary/aromatic N) is 2. The third-order valence-corrected chi connectivity index (χ3v) is 5.77. The van der Waals surface area contributed by atoms with Gasteiger partial charge in [0.2, 0.25) is 0 Å². The molecule has 0 atom stereocenters. The molecule has 1 fully saturated rings. The van der Waals surface area contributed by atoms with E-state index in [1.165, 1.54) is 11.1 Å². The second kappa shape index (κ2) is 9.40. The fourth-order valence-electron chi connectivity index (χ4n) is 3.80. The van der Waals surface area contributed by atoms with E-state index < -0.39 is 0 Å². The van der Waals surface area contributed by atoms with Gasteiger partial charge in [-0.1, -0.05) is 42.0 Å². The summed E-state index contributed by atoms with van der Waals surface area (Å²) in [5.41, 5.74) is 4.82. The maximum Gasteiger partial charge on any atom is 0.289 e. The summed E-state index contributed by atoms with van der Waals surface area (Å²) in [7, 11) is 0. The molecule has 4 rings (SSSR count). The summed E-state index contributed by atoms with van der Waals surface area (Å²) in [5, 5.41) is 0. The van der Waals surface area contributed by atoms with Crippen LogP contribution in [0.2, 0.25) is 0 Å². The number of rotatable bonds is 6. The predicted octanol–water partition coefficient (Wildman–Crippen LogP) is 4.74. The summed E-state index contributed by atoms with van der Waals surface area (Å²) in [5.74, 6) is 1.83. The number of furan rings is 1. The fraction of sp³-hybridized carbons (Fsp3) is 0.346. The van der Waals surface area contributed by atoms with Gasteiger partial charge in [0, 0.05) is 32.7 Å². The smallest absolute Gasteiger partial charge is 0.289 e. The summed E-state index contributed by atoms with van der Waals surface area (Å²) in [6, 6.07) is 18.3. The summed E-state index contributed by atoms with van der Waals surface area (Å²) in [6.07, 6.45) is 0. The van der Waals surface area contributed by atoms with E-state index >= 15 is 0 Å². The molecule has 31 heavy (non-hydrogen) atoms. The number of benzene rings is 2. The van der Waals surface area contributed by atoms with E-state index in [0.717, 1.165) is 36.5 Å². The molecule has 1 aliphatic heterocycles. The highest BCUT2D eigenvalue weighted by Crippen LogP contribution is 2.21. The van der Waals surface area contributed by atoms with Gasteiger partial charge < -0.3 is 14.1 Å². The second-order valence-corrected chi connectivity index (χ2v) is 8.38. The van der Waals surface area contributed by atoms with Gasteiger partial charge in [-0.2, -0.15) is 0 Å². The minimum absolute atomic E-state index is 0.0482. The van der Waals surface area contributed by atoms with Crippen LogP contribution >= 0.6 is 0 Å². The highest BCUT2D eigenvalue weighted by atomic mass is 16.5. The van der Waals surface area contributed by atoms with Gasteiger partial charge in [0.25, 0.3) is 5.91 Å². The Balaban J connectivity index is 1.29. The molecule has 1 amide bonds. The number of carbonyl (C=O) groups excluding carboxylic acids is 1. The average molecular weight is 419 g/mol. The molecule has 1 saturated heterocycles. The molecule has 5 heteroatoms. The lowest BCUT2D eigenvalue weighted by Gasteiger charge is -2.34. The van der Waals surface area contributed by atoms with Crippen LogP contribution < -0.4 is 4.74 Å². The molecule has 0 spiro atoms. The first kappa shape index (κ1) is 21.2. The highest BCUT2D eigenvalue weighted by molar-refractivity contribution is 5.91. The largest absolute Gasteiger partial charge is 0.485 e. The van der Waals surface area contributed by atoms with Gasteiger partial charge in [0.1, 0.15) is 18.1 Å². The maximum absolute atomic E-state index is 12.9. The van der Waals surface area contributed by atoms with Gasteiger partial charge in [-0.15, -0.1) is 0 Å². The van der Waals surface area contributed by atoms with Crippen LogP contribution in [-0.4, -0.2) is 41.9 Å². The summed E-state index contributed by atoms with van der Waals surface area (Å²) < 4.78 is 11.7. The average Bonchev–Trinajstić information content (AvgIpc) is 3.25. The molecule has 0 radical (unpaired) electrons. The number of piperazine rings is 1. The Morgan fingerprint density at radius 2 is 1.61 bits per heavy atom. The Labute approximate surface area is 184 Å². The molecule has 0 N–H and O–H groups in total. The van der Waals surface area contributed by atoms with E-state index in [1.807, 2.05) is 36.9 Å². The standard InChI is InChI=1S/C26H30N2O3/c1-19-5-8-22(9-6-19)17-27-12-14-28(15-13-27)26(29)24-11-10-23(31-24)18-30-25-16-20(2)4-7-21(25)3/h4-11,16H,12-15,17-18H2,1-3H3. The van der Waals surface area contributed by atoms with E-state index in [4.69, 9.17) is 9.15 Å². The Hall–Kier alpha value is -3.05. The van der Waals surface area contributed by atoms with E-state index in [2.05, 4.69) is 42.2 Å². The zero-order chi connectivity index (χ0) is 21.8. The third-order valence-electron chi connectivity index (χ3n) is 5.77. The molecule has 0 aliphatic carbocycles. The van der Waals surface area contributed by atoms with Gasteiger partial charge in [-0.05, 0) is 55.7 Å². The van der Waals surface area contributed by atoms with E-state index in [1.54, 1.807) is 6.07 Å². The zero-order valence-electron chi connectivity index (χ0n) is 18.6. The molecule has 1 aliphatic rings. The molecule has 0 saturated carbocycles. The molecule has 0 bridgehead atoms. The van der Waals surface area contributed by atoms with E-state index in [0.29, 0.717) is 31.2 Å². The molecular weight excluding hydrogens is 388 g/mol. The van der Waals surface area contributed by atoms with Crippen molar-refractivity contribution in [2.24, 2.45) is 0 Å². The minimum atomic E-state index is -0.0482. The van der Waals surface area contributed by atoms with E-state index in [9.17, 15) is 4.79 Å². The Kier molecular flexibility index (Phi) is 6.42. The van der Waals surface area contributed by atoms with Gasteiger partial charge in [0.05, 0.1) is 0 Å². The number of ether oxygens (including phenoxy) is 1. The first-order valence-electron chi connectivity index (χ1n) is 10.8. The number of amides is 1. The first-order chi connectivity index (χ1) is 15.0. The summed E-state index contributed by atoms with van der Waals surface area (Å²) in [4.78, 5) is 17.1. The number of hydrogen-bond acceptors (Lipinski definition) is 4. The molecule has 3 aromatic rings. The Morgan fingerprint density at radius 1 is 0.903 bits per heavy atom. The minimum Gasteiger partial charge on any atom is -0.485 e. The van der Waals surface area contributed by atoms with Crippen molar-refractivity contribution in [3.8, 4) is 5.75 Å². The van der Waals surface area contributed by atoms with Crippen molar-refractivity contribution in [2.75, 3.05) is 26.2 Å². The molecular formula is C26H30N2O3. The first-order valence-corrected chi connectivity index (χ1v) is 10.8. The van der Waals surface area contributed by atoms with Crippen LogP contribution in [0.15, 0.2) is 59.0 Å². The van der Waals surface area contributed by atoms with Crippen LogP contribution in [0.4, 0.5) is 0 Å². The van der Waals surface area contributed by atoms with E-state index in [-0.39, 0.29) is 5.91 Å². The van der Waals surface area contributed by atoms with Crippen molar-refractivity contribution in [3.05, 3.63) is 88.4 Å². The van der Waals surface area contributed by atoms with Gasteiger partial charge in [-0.3, -0.25) is 9.69 Å². The SMILES string of the molecule is Cc1ccc(CN2CCN(C(=O)c3ccc(COc4cc(C)ccc4C)o3)CC2)cc1. The monoisotopic (exact) mass is 418 g/mol. The van der Waals surface area contributed by atoms with Crippen LogP contribution in [0.25, 0.3) is 0 Å². The molecule has 2 aromatic carbocycles. The highest BCUT2D eigenvalue weighted by Gasteiger charge is 2.24. The lowest BCUT2D eigenvalue weighted by atomic mass is 10.1. The van der Waals surface area contributed by atoms with Crippen LogP contribution in [0.5, 0.6) is 5.75 Å². The third kappa shape index (κ3) is 5.36. The normalized spacial score (nSPS) is 14.6. The summed E-state index contributed by atoms with van der Waals surface area (Å²) >= 11 is 0. The fourth-order valence-corrected chi connectivity index (χ4v) is 3.80. The number of carbonyl (C=O) groups is 1. The van der Waals surface area contributed by atoms with Crippen molar-refractivity contribution < 1.29 is 13.9 Å². The van der Waals surface area contributed by atoms with Gasteiger partial charge in [-0.25, -0.2) is 0 Å². The molecule has 1 aromatic heterocycles. The molecule has 0 unspecified atom stereocenters. The van der Waals surface area contributed by atoms with Crippen LogP contribution in [0.1, 0.15) is 38.6 Å². The van der Waals surface area contributed by atoms with Crippen LogP contribution in [-0.2, 0) is 13.2 Å². The number of hydrogen-bond donors (Lipinski definition) is 0. The predicted molar refractivity (Wildman–Crippen MR) is 121 cm³/mol. The zero-order valence-corrected chi connectivity index (χ0v) is 18.6. The lowest BCUT2D eigenvalue weighted by Crippen LogP contribution is -2.48. The number of aryl methyl sites for hydroxylation is 3. The van der Waals surface area contributed by atoms with Crippen molar-refractivity contribution in [3.63, 3.8) is 0 Å². The quantitative estimate of drug-likeness (QED) is 0.580. The molecule has 5 nitrogen and oxygen atoms in total. The summed E-state index contributed by atoms with van der Waals surface area (Å²) in [6.45, 7) is 10.5. The Bertz CT molecular complexity index is 1030. The Morgan fingerprint density at radius 3 is 2.35 bits per heavy atom. The maximum atomic E-state index is 12.9. The second-order valence-electron chi connectivity index (χ2n) is 8.38. The van der Waals surface area contributed by atoms with Crippen LogP contribution in [0, 0.1) is 20.8 Å². The van der Waals surface area contributed by atoms with Crippen molar-refractivity contribution >= 4 is 5.91 Å². The molecule has 162 valence electrons. The van der Waals surface area contributed by atoms with Crippen molar-refractivity contribution in [1.82, 2.24) is 9.80 Å². The van der Waals surface area contributed by atoms with Crippen molar-refractivity contribution in [1.29, 1.82) is 0 Å². The van der Waals surface area contributed by atoms with Gasteiger partial charge in [0.15, 0.2) is 5.76 Å². The van der Waals surface area contributed by atoms with Crippen LogP contribution in [0.3, 0.4) is 0 Å². The van der Waals surface area contributed by atoms with Gasteiger partial charge >= 0.3 is 0 Å². The topological polar surface area (TPSA) is 45.9 Å². The molecule has 2 heterocycles. The van der Waals surface area contributed by atoms with Crippen molar-refractivity contribution in [2.45, 2.75) is 33.9 Å². The lowest BCUT2D eigenvalue weighted by molar-refractivity contribution is 0.0594.